The highest BCUT2D eigenvalue weighted by Gasteiger charge is 2.41. The van der Waals surface area contributed by atoms with Crippen molar-refractivity contribution in [2.45, 2.75) is 0 Å². The van der Waals surface area contributed by atoms with Crippen LogP contribution in [0.2, 0.25) is 0 Å². The Morgan fingerprint density at radius 2 is 1.02 bits per heavy atom. The zero-order chi connectivity index (χ0) is 39.1. The molecule has 0 aliphatic carbocycles. The summed E-state index contributed by atoms with van der Waals surface area (Å²) in [4.78, 5) is 0. The van der Waals surface area contributed by atoms with Gasteiger partial charge in [-0.15, -0.1) is 0 Å². The third-order valence-electron chi connectivity index (χ3n) is 12.7. The predicted octanol–water partition coefficient (Wildman–Crippen LogP) is 13.2. The van der Waals surface area contributed by atoms with E-state index in [1.165, 1.54) is 10.8 Å². The van der Waals surface area contributed by atoms with Crippen LogP contribution in [0.3, 0.4) is 0 Å². The fourth-order valence-corrected chi connectivity index (χ4v) is 10.0. The maximum absolute atomic E-state index is 7.07. The molecule has 0 bridgehead atoms. The van der Waals surface area contributed by atoms with E-state index >= 15 is 0 Å². The van der Waals surface area contributed by atoms with Gasteiger partial charge in [-0.1, -0.05) is 121 Å². The third kappa shape index (κ3) is 4.37. The van der Waals surface area contributed by atoms with Gasteiger partial charge in [-0.2, -0.15) is 0 Å². The van der Waals surface area contributed by atoms with Gasteiger partial charge in [-0.05, 0) is 77.4 Å². The number of para-hydroxylation sites is 6. The second-order valence-corrected chi connectivity index (χ2v) is 15.9. The van der Waals surface area contributed by atoms with Crippen molar-refractivity contribution in [3.63, 3.8) is 0 Å². The molecule has 6 heteroatoms. The van der Waals surface area contributed by atoms with Crippen LogP contribution in [0.25, 0.3) is 105 Å². The van der Waals surface area contributed by atoms with E-state index in [1.807, 2.05) is 30.3 Å². The van der Waals surface area contributed by atoms with Gasteiger partial charge >= 0.3 is 6.92 Å². The molecule has 0 amide bonds. The average molecular weight is 768 g/mol. The molecule has 2 aliphatic heterocycles. The molecule has 0 saturated carbocycles. The SMILES string of the molecule is c1ccc2c(c1)Oc1cc(-c3cc(-n4c5ccccc5c5ccccc54)cc4c3oc3ccccc34)cc3c1B2Oc1cc(-c2cccc4c2oc2ccccc24)ccc1-3. The monoisotopic (exact) mass is 767 g/mol. The molecule has 5 nitrogen and oxygen atoms in total. The van der Waals surface area contributed by atoms with Crippen LogP contribution < -0.4 is 20.3 Å². The first-order valence-corrected chi connectivity index (χ1v) is 20.3. The van der Waals surface area contributed by atoms with Gasteiger partial charge in [0.25, 0.3) is 0 Å². The van der Waals surface area contributed by atoms with Crippen LogP contribution in [0.4, 0.5) is 0 Å². The average Bonchev–Trinajstić information content (AvgIpc) is 3.98. The second kappa shape index (κ2) is 11.8. The Kier molecular flexibility index (Phi) is 6.31. The molecule has 0 N–H and O–H groups in total. The summed E-state index contributed by atoms with van der Waals surface area (Å²) >= 11 is 0. The van der Waals surface area contributed by atoms with Crippen molar-refractivity contribution in [3.8, 4) is 56.3 Å². The lowest BCUT2D eigenvalue weighted by molar-refractivity contribution is 0.479. The maximum atomic E-state index is 7.07. The molecule has 60 heavy (non-hydrogen) atoms. The van der Waals surface area contributed by atoms with Crippen molar-refractivity contribution in [1.29, 1.82) is 0 Å². The van der Waals surface area contributed by atoms with Gasteiger partial charge < -0.3 is 22.8 Å². The van der Waals surface area contributed by atoms with E-state index in [0.717, 1.165) is 122 Å². The molecular formula is C54H30BNO4. The highest BCUT2D eigenvalue weighted by molar-refractivity contribution is 6.84. The van der Waals surface area contributed by atoms with E-state index in [0.29, 0.717) is 0 Å². The molecule has 278 valence electrons. The van der Waals surface area contributed by atoms with E-state index in [1.54, 1.807) is 0 Å². The zero-order valence-electron chi connectivity index (χ0n) is 32.0. The summed E-state index contributed by atoms with van der Waals surface area (Å²) in [7, 11) is 0. The summed E-state index contributed by atoms with van der Waals surface area (Å²) in [6.45, 7) is -0.353. The van der Waals surface area contributed by atoms with Crippen LogP contribution in [0.15, 0.2) is 191 Å². The molecule has 3 aromatic heterocycles. The van der Waals surface area contributed by atoms with Gasteiger partial charge in [0.1, 0.15) is 39.6 Å². The van der Waals surface area contributed by atoms with Crippen molar-refractivity contribution < 1.29 is 18.2 Å². The number of rotatable bonds is 3. The first-order valence-electron chi connectivity index (χ1n) is 20.3. The first-order chi connectivity index (χ1) is 29.7. The predicted molar refractivity (Wildman–Crippen MR) is 244 cm³/mol. The lowest BCUT2D eigenvalue weighted by atomic mass is 9.50. The van der Waals surface area contributed by atoms with Crippen molar-refractivity contribution in [1.82, 2.24) is 4.57 Å². The Bertz CT molecular complexity index is 3760. The Labute approximate surface area is 343 Å². The molecule has 0 radical (unpaired) electrons. The Hall–Kier alpha value is -7.96. The van der Waals surface area contributed by atoms with Crippen LogP contribution in [-0.4, -0.2) is 11.5 Å². The smallest absolute Gasteiger partial charge is 0.434 e. The minimum atomic E-state index is -0.353. The molecule has 9 aromatic carbocycles. The summed E-state index contributed by atoms with van der Waals surface area (Å²) < 4.78 is 29.6. The van der Waals surface area contributed by atoms with Gasteiger partial charge in [0.15, 0.2) is 0 Å². The maximum Gasteiger partial charge on any atom is 0.434 e. The number of nitrogens with zero attached hydrogens (tertiary/aromatic N) is 1. The standard InChI is InChI=1S/C54H30BNO4/c1-6-19-45-35(12-1)36-13-2-7-20-46(36)56(45)33-29-41(54-43(30-33)38-15-4-9-22-48(38)59-54)32-26-42-39-25-24-31(34-16-11-17-40-37-14-3-8-21-47(37)58-53(34)40)27-50(39)60-55-44-18-5-10-23-49(44)57-51(28-32)52(42)55/h1-30H. The van der Waals surface area contributed by atoms with E-state index in [-0.39, 0.29) is 6.92 Å². The first kappa shape index (κ1) is 32.1. The molecule has 2 aliphatic rings. The molecule has 0 fully saturated rings. The Morgan fingerprint density at radius 3 is 1.80 bits per heavy atom. The van der Waals surface area contributed by atoms with Crippen LogP contribution in [0.1, 0.15) is 0 Å². The summed E-state index contributed by atoms with van der Waals surface area (Å²) in [6, 6.07) is 64.0. The Balaban J connectivity index is 1.02. The molecule has 5 heterocycles. The quantitative estimate of drug-likeness (QED) is 0.168. The van der Waals surface area contributed by atoms with Crippen LogP contribution in [-0.2, 0) is 0 Å². The largest absolute Gasteiger partial charge is 0.551 e. The number of benzene rings is 9. The van der Waals surface area contributed by atoms with Gasteiger partial charge in [-0.25, -0.2) is 0 Å². The molecule has 0 spiro atoms. The number of hydrogen-bond donors (Lipinski definition) is 0. The van der Waals surface area contributed by atoms with Crippen molar-refractivity contribution in [3.05, 3.63) is 182 Å². The topological polar surface area (TPSA) is 49.7 Å². The molecular weight excluding hydrogens is 737 g/mol. The fourth-order valence-electron chi connectivity index (χ4n) is 10.0. The van der Waals surface area contributed by atoms with Crippen molar-refractivity contribution in [2.75, 3.05) is 0 Å². The van der Waals surface area contributed by atoms with Crippen LogP contribution in [0, 0.1) is 0 Å². The number of aromatic nitrogens is 1. The number of hydrogen-bond acceptors (Lipinski definition) is 4. The van der Waals surface area contributed by atoms with Gasteiger partial charge in [-0.3, -0.25) is 0 Å². The zero-order valence-corrected chi connectivity index (χ0v) is 32.0. The number of ether oxygens (including phenoxy) is 1. The second-order valence-electron chi connectivity index (χ2n) is 15.9. The number of fused-ring (bicyclic) bond motifs is 13. The minimum Gasteiger partial charge on any atom is -0.551 e. The van der Waals surface area contributed by atoms with E-state index in [4.69, 9.17) is 18.2 Å². The summed E-state index contributed by atoms with van der Waals surface area (Å²) in [5.74, 6) is 2.38. The third-order valence-corrected chi connectivity index (χ3v) is 12.7. The summed E-state index contributed by atoms with van der Waals surface area (Å²) in [5.41, 5.74) is 14.9. The molecule has 14 rings (SSSR count). The lowest BCUT2D eigenvalue weighted by Crippen LogP contribution is -2.53. The highest BCUT2D eigenvalue weighted by atomic mass is 16.5. The fraction of sp³-hybridized carbons (Fsp3) is 0. The normalized spacial score (nSPS) is 12.9. The minimum absolute atomic E-state index is 0.353. The highest BCUT2D eigenvalue weighted by Crippen LogP contribution is 2.47. The van der Waals surface area contributed by atoms with Crippen LogP contribution >= 0.6 is 0 Å². The van der Waals surface area contributed by atoms with E-state index in [9.17, 15) is 0 Å². The van der Waals surface area contributed by atoms with Gasteiger partial charge in [0.2, 0.25) is 0 Å². The summed E-state index contributed by atoms with van der Waals surface area (Å²) in [5, 5.41) is 6.78. The molecule has 12 aromatic rings. The van der Waals surface area contributed by atoms with Gasteiger partial charge in [0.05, 0.1) is 11.0 Å². The summed E-state index contributed by atoms with van der Waals surface area (Å²) in [6.07, 6.45) is 0. The molecule has 0 unspecified atom stereocenters. The van der Waals surface area contributed by atoms with Crippen molar-refractivity contribution >= 4 is 83.5 Å². The van der Waals surface area contributed by atoms with Gasteiger partial charge in [0, 0.05) is 65.6 Å². The van der Waals surface area contributed by atoms with Crippen LogP contribution in [0.5, 0.6) is 17.2 Å². The molecule has 0 atom stereocenters. The molecule has 0 saturated heterocycles. The lowest BCUT2D eigenvalue weighted by Gasteiger charge is -2.33. The Morgan fingerprint density at radius 1 is 0.383 bits per heavy atom. The van der Waals surface area contributed by atoms with E-state index in [2.05, 4.69) is 156 Å². The van der Waals surface area contributed by atoms with Crippen molar-refractivity contribution in [2.24, 2.45) is 0 Å². The number of furan rings is 2. The van der Waals surface area contributed by atoms with E-state index < -0.39 is 0 Å².